The van der Waals surface area contributed by atoms with Gasteiger partial charge in [0, 0.05) is 38.6 Å². The van der Waals surface area contributed by atoms with Crippen molar-refractivity contribution < 1.29 is 0 Å². The van der Waals surface area contributed by atoms with Gasteiger partial charge in [0.05, 0.1) is 51.1 Å². The van der Waals surface area contributed by atoms with Gasteiger partial charge in [-0.3, -0.25) is 0 Å². The molecular weight excluding hydrogens is 791 g/mol. The van der Waals surface area contributed by atoms with Crippen LogP contribution >= 0.6 is 0 Å². The maximum absolute atomic E-state index is 11.0. The van der Waals surface area contributed by atoms with Gasteiger partial charge in [-0.25, -0.2) is 15.0 Å². The molecule has 0 atom stereocenters. The van der Waals surface area contributed by atoms with E-state index in [2.05, 4.69) is 164 Å². The summed E-state index contributed by atoms with van der Waals surface area (Å²) in [6, 6.07) is 75.9. The van der Waals surface area contributed by atoms with E-state index in [1.807, 2.05) is 72.8 Å². The Morgan fingerprint density at radius 2 is 0.923 bits per heavy atom. The van der Waals surface area contributed by atoms with Gasteiger partial charge in [-0.15, -0.1) is 0 Å². The second-order valence-electron chi connectivity index (χ2n) is 16.5. The normalized spacial score (nSPS) is 11.2. The van der Waals surface area contributed by atoms with Crippen LogP contribution in [0.15, 0.2) is 212 Å². The lowest BCUT2D eigenvalue weighted by Crippen LogP contribution is -2.06. The van der Waals surface area contributed by atoms with Crippen LogP contribution in [0.1, 0.15) is 16.7 Å². The van der Waals surface area contributed by atoms with Crippen LogP contribution in [-0.4, -0.2) is 19.5 Å². The Balaban J connectivity index is 1.30. The predicted octanol–water partition coefficient (Wildman–Crippen LogP) is 15.1. The zero-order valence-electron chi connectivity index (χ0n) is 35.9. The Morgan fingerprint density at radius 3 is 1.54 bits per heavy atom. The number of nitriles is 1. The molecule has 5 heteroatoms. The van der Waals surface area contributed by atoms with E-state index in [0.717, 1.165) is 89.2 Å². The fraction of sp³-hybridized carbons (Fsp3) is 0.0333. The standard InChI is InChI=1S/C60H41N5/c1-39-27-29-48(40(2)31-39)46-28-30-50-49-25-15-16-26-57(49)65(58(50)36-46)59-51(56-35-47(42-17-7-3-8-18-42)34-53(62-56)43-19-9-4-10-20-43)32-41(38-61)33-52(59)60-63-54(44-21-11-5-12-22-44)37-55(64-60)45-23-13-6-14-24-45/h3-37H,1-2H3. The van der Waals surface area contributed by atoms with Gasteiger partial charge in [0.15, 0.2) is 5.82 Å². The third-order valence-electron chi connectivity index (χ3n) is 12.2. The van der Waals surface area contributed by atoms with Crippen LogP contribution < -0.4 is 0 Å². The van der Waals surface area contributed by atoms with E-state index in [9.17, 15) is 5.26 Å². The summed E-state index contributed by atoms with van der Waals surface area (Å²) in [5.74, 6) is 0.498. The number of rotatable bonds is 8. The Bertz CT molecular complexity index is 3340. The molecule has 0 amide bonds. The van der Waals surface area contributed by atoms with Gasteiger partial charge >= 0.3 is 0 Å². The molecule has 0 saturated heterocycles. The van der Waals surface area contributed by atoms with Crippen molar-refractivity contribution in [1.82, 2.24) is 19.5 Å². The zero-order valence-corrected chi connectivity index (χ0v) is 35.9. The van der Waals surface area contributed by atoms with Crippen LogP contribution in [0.25, 0.3) is 106 Å². The van der Waals surface area contributed by atoms with Gasteiger partial charge in [-0.05, 0) is 84.1 Å². The van der Waals surface area contributed by atoms with Crippen molar-refractivity contribution in [2.24, 2.45) is 0 Å². The molecule has 0 aliphatic rings. The van der Waals surface area contributed by atoms with Crippen LogP contribution in [-0.2, 0) is 0 Å². The van der Waals surface area contributed by atoms with Gasteiger partial charge in [0.1, 0.15) is 0 Å². The van der Waals surface area contributed by atoms with Gasteiger partial charge in [-0.2, -0.15) is 5.26 Å². The number of nitrogens with zero attached hydrogens (tertiary/aromatic N) is 5. The van der Waals surface area contributed by atoms with E-state index >= 15 is 0 Å². The Labute approximate surface area is 378 Å². The molecule has 65 heavy (non-hydrogen) atoms. The number of pyridine rings is 1. The smallest absolute Gasteiger partial charge is 0.162 e. The number of para-hydroxylation sites is 1. The molecule has 0 radical (unpaired) electrons. The summed E-state index contributed by atoms with van der Waals surface area (Å²) < 4.78 is 2.35. The minimum Gasteiger partial charge on any atom is -0.308 e. The molecule has 0 N–H and O–H groups in total. The molecule has 0 aliphatic carbocycles. The highest BCUT2D eigenvalue weighted by Gasteiger charge is 2.25. The second-order valence-corrected chi connectivity index (χ2v) is 16.5. The van der Waals surface area contributed by atoms with Gasteiger partial charge in [0.25, 0.3) is 0 Å². The molecule has 11 aromatic rings. The molecule has 5 nitrogen and oxygen atoms in total. The summed E-state index contributed by atoms with van der Waals surface area (Å²) in [6.45, 7) is 4.31. The maximum Gasteiger partial charge on any atom is 0.162 e. The number of aryl methyl sites for hydroxylation is 2. The van der Waals surface area contributed by atoms with Crippen molar-refractivity contribution in [3.05, 3.63) is 229 Å². The second kappa shape index (κ2) is 16.5. The van der Waals surface area contributed by atoms with E-state index < -0.39 is 0 Å². The molecule has 0 fully saturated rings. The molecule has 3 aromatic heterocycles. The predicted molar refractivity (Wildman–Crippen MR) is 266 cm³/mol. The van der Waals surface area contributed by atoms with Crippen LogP contribution in [0.4, 0.5) is 0 Å². The third kappa shape index (κ3) is 7.33. The number of aromatic nitrogens is 4. The summed E-state index contributed by atoms with van der Waals surface area (Å²) in [5.41, 5.74) is 17.6. The van der Waals surface area contributed by atoms with Crippen LogP contribution in [0.5, 0.6) is 0 Å². The first-order valence-electron chi connectivity index (χ1n) is 21.8. The molecule has 0 saturated carbocycles. The van der Waals surface area contributed by atoms with E-state index in [-0.39, 0.29) is 0 Å². The van der Waals surface area contributed by atoms with Crippen molar-refractivity contribution in [1.29, 1.82) is 5.26 Å². The lowest BCUT2D eigenvalue weighted by molar-refractivity contribution is 1.13. The van der Waals surface area contributed by atoms with Crippen molar-refractivity contribution in [3.63, 3.8) is 0 Å². The molecule has 0 unspecified atom stereocenters. The largest absolute Gasteiger partial charge is 0.308 e. The molecule has 0 spiro atoms. The minimum absolute atomic E-state index is 0.471. The Morgan fingerprint density at radius 1 is 0.385 bits per heavy atom. The van der Waals surface area contributed by atoms with E-state index in [1.54, 1.807) is 0 Å². The molecular formula is C60H41N5. The van der Waals surface area contributed by atoms with Gasteiger partial charge in [-0.1, -0.05) is 175 Å². The lowest BCUT2D eigenvalue weighted by Gasteiger charge is -2.20. The Kier molecular flexibility index (Phi) is 9.95. The van der Waals surface area contributed by atoms with Crippen molar-refractivity contribution in [2.45, 2.75) is 13.8 Å². The molecule has 0 bridgehead atoms. The number of hydrogen-bond acceptors (Lipinski definition) is 4. The van der Waals surface area contributed by atoms with Crippen molar-refractivity contribution in [2.75, 3.05) is 0 Å². The SMILES string of the molecule is Cc1ccc(-c2ccc3c4ccccc4n(-c4c(-c5cc(-c6ccccc6)cc(-c6ccccc6)n5)cc(C#N)cc4-c4nc(-c5ccccc5)cc(-c5ccccc5)n4)c3c2)c(C)c1. The summed E-state index contributed by atoms with van der Waals surface area (Å²) in [7, 11) is 0. The summed E-state index contributed by atoms with van der Waals surface area (Å²) in [5, 5.41) is 13.2. The molecule has 0 aliphatic heterocycles. The monoisotopic (exact) mass is 831 g/mol. The quantitative estimate of drug-likeness (QED) is 0.153. The lowest BCUT2D eigenvalue weighted by atomic mass is 9.95. The van der Waals surface area contributed by atoms with Gasteiger partial charge in [0.2, 0.25) is 0 Å². The zero-order chi connectivity index (χ0) is 43.9. The molecule has 306 valence electrons. The summed E-state index contributed by atoms with van der Waals surface area (Å²) >= 11 is 0. The Hall–Kier alpha value is -8.72. The molecule has 11 rings (SSSR count). The molecule has 8 aromatic carbocycles. The number of hydrogen-bond donors (Lipinski definition) is 0. The van der Waals surface area contributed by atoms with Crippen molar-refractivity contribution >= 4 is 21.8 Å². The van der Waals surface area contributed by atoms with Crippen LogP contribution in [0, 0.1) is 25.2 Å². The van der Waals surface area contributed by atoms with Crippen LogP contribution in [0.2, 0.25) is 0 Å². The first-order valence-corrected chi connectivity index (χ1v) is 21.8. The third-order valence-corrected chi connectivity index (χ3v) is 12.2. The maximum atomic E-state index is 11.0. The minimum atomic E-state index is 0.471. The topological polar surface area (TPSA) is 67.4 Å². The first kappa shape index (κ1) is 39.1. The molecule has 3 heterocycles. The summed E-state index contributed by atoms with van der Waals surface area (Å²) in [6.07, 6.45) is 0. The van der Waals surface area contributed by atoms with E-state index in [1.165, 1.54) is 16.7 Å². The number of benzene rings is 8. The average molecular weight is 832 g/mol. The average Bonchev–Trinajstić information content (AvgIpc) is 3.70. The highest BCUT2D eigenvalue weighted by molar-refractivity contribution is 6.11. The fourth-order valence-corrected chi connectivity index (χ4v) is 9.13. The first-order chi connectivity index (χ1) is 32.0. The van der Waals surface area contributed by atoms with Crippen LogP contribution in [0.3, 0.4) is 0 Å². The number of fused-ring (bicyclic) bond motifs is 3. The van der Waals surface area contributed by atoms with E-state index in [0.29, 0.717) is 17.0 Å². The van der Waals surface area contributed by atoms with Crippen molar-refractivity contribution in [3.8, 4) is 90.4 Å². The van der Waals surface area contributed by atoms with E-state index in [4.69, 9.17) is 15.0 Å². The highest BCUT2D eigenvalue weighted by atomic mass is 15.0. The summed E-state index contributed by atoms with van der Waals surface area (Å²) in [4.78, 5) is 16.3. The fourth-order valence-electron chi connectivity index (χ4n) is 9.13. The van der Waals surface area contributed by atoms with Gasteiger partial charge < -0.3 is 4.57 Å². The highest BCUT2D eigenvalue weighted by Crippen LogP contribution is 2.44.